The van der Waals surface area contributed by atoms with Crippen LogP contribution in [0, 0.1) is 0 Å². The number of carbonyl (C=O) groups excluding carboxylic acids is 2. The molecule has 18 heavy (non-hydrogen) atoms. The molecule has 0 atom stereocenters. The molecule has 6 heteroatoms. The van der Waals surface area contributed by atoms with Crippen LogP contribution >= 0.6 is 0 Å². The number of nitrogens with two attached hydrogens (primary N) is 2. The fourth-order valence-corrected chi connectivity index (χ4v) is 1.47. The van der Waals surface area contributed by atoms with Crippen LogP contribution in [0.25, 0.3) is 0 Å². The maximum Gasteiger partial charge on any atom is 0.255 e. The molecule has 2 amide bonds. The van der Waals surface area contributed by atoms with Gasteiger partial charge in [0.2, 0.25) is 0 Å². The second-order valence-corrected chi connectivity index (χ2v) is 4.26. The number of benzene rings is 1. The number of primary amides is 1. The average Bonchev–Trinajstić information content (AvgIpc) is 3.11. The summed E-state index contributed by atoms with van der Waals surface area (Å²) in [5.74, 6) is -0.382. The number of hydrogen-bond donors (Lipinski definition) is 3. The van der Waals surface area contributed by atoms with Crippen LogP contribution in [0.1, 0.15) is 23.2 Å². The molecular formula is C12H15N3O3. The molecule has 0 spiro atoms. The number of nitrogen functional groups attached to an aromatic ring is 1. The molecule has 1 fully saturated rings. The monoisotopic (exact) mass is 249 g/mol. The van der Waals surface area contributed by atoms with Gasteiger partial charge in [0.25, 0.3) is 11.8 Å². The van der Waals surface area contributed by atoms with E-state index in [1.807, 2.05) is 0 Å². The lowest BCUT2D eigenvalue weighted by atomic mass is 10.1. The molecule has 1 aliphatic rings. The highest BCUT2D eigenvalue weighted by molar-refractivity contribution is 5.95. The Morgan fingerprint density at radius 3 is 2.67 bits per heavy atom. The van der Waals surface area contributed by atoms with E-state index in [9.17, 15) is 9.59 Å². The topological polar surface area (TPSA) is 107 Å². The van der Waals surface area contributed by atoms with E-state index in [4.69, 9.17) is 16.2 Å². The number of anilines is 1. The minimum atomic E-state index is -0.579. The van der Waals surface area contributed by atoms with E-state index in [1.54, 1.807) is 12.1 Å². The van der Waals surface area contributed by atoms with Crippen molar-refractivity contribution in [3.63, 3.8) is 0 Å². The van der Waals surface area contributed by atoms with Crippen molar-refractivity contribution in [2.45, 2.75) is 18.9 Å². The third kappa shape index (κ3) is 3.13. The zero-order chi connectivity index (χ0) is 13.1. The summed E-state index contributed by atoms with van der Waals surface area (Å²) in [6.07, 6.45) is 2.06. The van der Waals surface area contributed by atoms with Crippen molar-refractivity contribution >= 4 is 17.5 Å². The SMILES string of the molecule is NC(=O)COc1ccc(C(=O)NC2CC2)cc1N. The smallest absolute Gasteiger partial charge is 0.255 e. The van der Waals surface area contributed by atoms with Gasteiger partial charge in [-0.15, -0.1) is 0 Å². The van der Waals surface area contributed by atoms with E-state index < -0.39 is 5.91 Å². The summed E-state index contributed by atoms with van der Waals surface area (Å²) in [6, 6.07) is 4.97. The third-order valence-corrected chi connectivity index (χ3v) is 2.55. The number of amides is 2. The number of carbonyl (C=O) groups is 2. The molecule has 0 saturated heterocycles. The zero-order valence-electron chi connectivity index (χ0n) is 9.81. The summed E-state index contributed by atoms with van der Waals surface area (Å²) in [5.41, 5.74) is 11.5. The van der Waals surface area contributed by atoms with Crippen molar-refractivity contribution in [2.24, 2.45) is 5.73 Å². The van der Waals surface area contributed by atoms with Gasteiger partial charge in [-0.2, -0.15) is 0 Å². The van der Waals surface area contributed by atoms with Gasteiger partial charge in [-0.25, -0.2) is 0 Å². The maximum atomic E-state index is 11.7. The minimum absolute atomic E-state index is 0.148. The highest BCUT2D eigenvalue weighted by atomic mass is 16.5. The van der Waals surface area contributed by atoms with Gasteiger partial charge in [0.1, 0.15) is 5.75 Å². The van der Waals surface area contributed by atoms with Crippen LogP contribution in [0.15, 0.2) is 18.2 Å². The number of rotatable bonds is 5. The van der Waals surface area contributed by atoms with E-state index in [2.05, 4.69) is 5.32 Å². The molecule has 1 aliphatic carbocycles. The molecule has 0 heterocycles. The molecule has 0 bridgehead atoms. The molecule has 0 unspecified atom stereocenters. The summed E-state index contributed by atoms with van der Waals surface area (Å²) >= 11 is 0. The Balaban J connectivity index is 2.03. The Labute approximate surface area is 104 Å². The number of hydrogen-bond acceptors (Lipinski definition) is 4. The summed E-state index contributed by atoms with van der Waals surface area (Å²) in [5, 5.41) is 2.86. The highest BCUT2D eigenvalue weighted by Gasteiger charge is 2.23. The van der Waals surface area contributed by atoms with Crippen LogP contribution in [0.2, 0.25) is 0 Å². The first kappa shape index (κ1) is 12.2. The molecule has 5 N–H and O–H groups in total. The Hall–Kier alpha value is -2.24. The second-order valence-electron chi connectivity index (χ2n) is 4.26. The van der Waals surface area contributed by atoms with Gasteiger partial charge < -0.3 is 21.5 Å². The van der Waals surface area contributed by atoms with Crippen molar-refractivity contribution in [3.05, 3.63) is 23.8 Å². The van der Waals surface area contributed by atoms with Crippen LogP contribution in [0.3, 0.4) is 0 Å². The average molecular weight is 249 g/mol. The summed E-state index contributed by atoms with van der Waals surface area (Å²) in [4.78, 5) is 22.3. The molecule has 6 nitrogen and oxygen atoms in total. The molecule has 0 aliphatic heterocycles. The Morgan fingerprint density at radius 2 is 2.11 bits per heavy atom. The fourth-order valence-electron chi connectivity index (χ4n) is 1.47. The van der Waals surface area contributed by atoms with Gasteiger partial charge in [0.05, 0.1) is 5.69 Å². The standard InChI is InChI=1S/C12H15N3O3/c13-9-5-7(12(17)15-8-2-3-8)1-4-10(9)18-6-11(14)16/h1,4-5,8H,2-3,6,13H2,(H2,14,16)(H,15,17). The van der Waals surface area contributed by atoms with E-state index >= 15 is 0 Å². The molecule has 1 saturated carbocycles. The lowest BCUT2D eigenvalue weighted by molar-refractivity contribution is -0.119. The van der Waals surface area contributed by atoms with Crippen molar-refractivity contribution in [3.8, 4) is 5.75 Å². The summed E-state index contributed by atoms with van der Waals surface area (Å²) in [6.45, 7) is -0.238. The Kier molecular flexibility index (Phi) is 3.36. The van der Waals surface area contributed by atoms with Crippen LogP contribution in [0.5, 0.6) is 5.75 Å². The largest absolute Gasteiger partial charge is 0.482 e. The van der Waals surface area contributed by atoms with Crippen molar-refractivity contribution < 1.29 is 14.3 Å². The van der Waals surface area contributed by atoms with Crippen LogP contribution < -0.4 is 21.5 Å². The quantitative estimate of drug-likeness (QED) is 0.639. The minimum Gasteiger partial charge on any atom is -0.482 e. The molecular weight excluding hydrogens is 234 g/mol. The van der Waals surface area contributed by atoms with Crippen molar-refractivity contribution in [1.29, 1.82) is 0 Å². The van der Waals surface area contributed by atoms with E-state index in [0.717, 1.165) is 12.8 Å². The fraction of sp³-hybridized carbons (Fsp3) is 0.333. The van der Waals surface area contributed by atoms with Gasteiger partial charge in [-0.3, -0.25) is 9.59 Å². The molecule has 0 radical (unpaired) electrons. The van der Waals surface area contributed by atoms with Gasteiger partial charge in [0, 0.05) is 11.6 Å². The van der Waals surface area contributed by atoms with Crippen molar-refractivity contribution in [1.82, 2.24) is 5.32 Å². The first-order valence-electron chi connectivity index (χ1n) is 5.68. The first-order chi connectivity index (χ1) is 8.56. The van der Waals surface area contributed by atoms with Gasteiger partial charge in [-0.1, -0.05) is 0 Å². The molecule has 2 rings (SSSR count). The summed E-state index contributed by atoms with van der Waals surface area (Å²) < 4.78 is 5.10. The normalized spacial score (nSPS) is 14.0. The third-order valence-electron chi connectivity index (χ3n) is 2.55. The molecule has 1 aromatic rings. The Morgan fingerprint density at radius 1 is 1.39 bits per heavy atom. The van der Waals surface area contributed by atoms with Crippen LogP contribution in [-0.4, -0.2) is 24.5 Å². The number of nitrogens with one attached hydrogen (secondary N) is 1. The second kappa shape index (κ2) is 4.95. The predicted molar refractivity (Wildman–Crippen MR) is 66.0 cm³/mol. The first-order valence-corrected chi connectivity index (χ1v) is 5.68. The number of ether oxygens (including phenoxy) is 1. The lowest BCUT2D eigenvalue weighted by Gasteiger charge is -2.09. The zero-order valence-corrected chi connectivity index (χ0v) is 9.81. The van der Waals surface area contributed by atoms with Gasteiger partial charge >= 0.3 is 0 Å². The van der Waals surface area contributed by atoms with E-state index in [1.165, 1.54) is 6.07 Å². The maximum absolute atomic E-state index is 11.7. The highest BCUT2D eigenvalue weighted by Crippen LogP contribution is 2.24. The van der Waals surface area contributed by atoms with E-state index in [-0.39, 0.29) is 12.5 Å². The molecule has 96 valence electrons. The summed E-state index contributed by atoms with van der Waals surface area (Å²) in [7, 11) is 0. The molecule has 0 aromatic heterocycles. The molecule has 1 aromatic carbocycles. The van der Waals surface area contributed by atoms with Gasteiger partial charge in [-0.05, 0) is 31.0 Å². The Bertz CT molecular complexity index is 483. The predicted octanol–water partition coefficient (Wildman–Crippen LogP) is 0.0251. The van der Waals surface area contributed by atoms with Crippen molar-refractivity contribution in [2.75, 3.05) is 12.3 Å². The van der Waals surface area contributed by atoms with Crippen LogP contribution in [0.4, 0.5) is 5.69 Å². The lowest BCUT2D eigenvalue weighted by Crippen LogP contribution is -2.25. The van der Waals surface area contributed by atoms with Crippen LogP contribution in [-0.2, 0) is 4.79 Å². The van der Waals surface area contributed by atoms with Gasteiger partial charge in [0.15, 0.2) is 6.61 Å². The van der Waals surface area contributed by atoms with E-state index in [0.29, 0.717) is 23.0 Å².